The highest BCUT2D eigenvalue weighted by Crippen LogP contribution is 2.44. The minimum absolute atomic E-state index is 0.0708. The standard InChI is InChI=1S/C18H38N2/c1-9-14(7)18(12-4,16(19)13(5)6)17(20-8)15(10-2)11-3/h9,13-17,20H,1,10-12,19H2,2-8H3. The van der Waals surface area contributed by atoms with Gasteiger partial charge in [0.15, 0.2) is 0 Å². The third-order valence-electron chi connectivity index (χ3n) is 5.56. The molecular weight excluding hydrogens is 244 g/mol. The summed E-state index contributed by atoms with van der Waals surface area (Å²) in [4.78, 5) is 0. The van der Waals surface area contributed by atoms with Crippen molar-refractivity contribution in [3.05, 3.63) is 12.7 Å². The Balaban J connectivity index is 5.85. The van der Waals surface area contributed by atoms with Gasteiger partial charge in [0.1, 0.15) is 0 Å². The van der Waals surface area contributed by atoms with Gasteiger partial charge in [0.2, 0.25) is 0 Å². The Hall–Kier alpha value is -0.340. The summed E-state index contributed by atoms with van der Waals surface area (Å²) >= 11 is 0. The summed E-state index contributed by atoms with van der Waals surface area (Å²) in [5, 5.41) is 3.62. The van der Waals surface area contributed by atoms with Crippen molar-refractivity contribution in [2.75, 3.05) is 7.05 Å². The molecule has 0 aliphatic carbocycles. The first-order valence-electron chi connectivity index (χ1n) is 8.42. The fraction of sp³-hybridized carbons (Fsp3) is 0.889. The molecule has 0 heterocycles. The van der Waals surface area contributed by atoms with Crippen molar-refractivity contribution >= 4 is 0 Å². The lowest BCUT2D eigenvalue weighted by Crippen LogP contribution is -2.61. The minimum atomic E-state index is 0.0708. The smallest absolute Gasteiger partial charge is 0.0169 e. The molecule has 0 fully saturated rings. The molecule has 0 aromatic carbocycles. The molecule has 0 saturated carbocycles. The maximum absolute atomic E-state index is 6.72. The number of nitrogens with one attached hydrogen (secondary N) is 1. The van der Waals surface area contributed by atoms with Crippen molar-refractivity contribution in [1.82, 2.24) is 5.32 Å². The lowest BCUT2D eigenvalue weighted by Gasteiger charge is -2.52. The first-order valence-corrected chi connectivity index (χ1v) is 8.42. The van der Waals surface area contributed by atoms with E-state index in [9.17, 15) is 0 Å². The van der Waals surface area contributed by atoms with Gasteiger partial charge in [-0.2, -0.15) is 0 Å². The van der Waals surface area contributed by atoms with E-state index in [1.807, 2.05) is 0 Å². The van der Waals surface area contributed by atoms with Crippen LogP contribution < -0.4 is 11.1 Å². The van der Waals surface area contributed by atoms with Gasteiger partial charge in [-0.25, -0.2) is 0 Å². The van der Waals surface area contributed by atoms with E-state index in [0.717, 1.165) is 6.42 Å². The molecule has 0 spiro atoms. The molecule has 0 saturated heterocycles. The molecule has 0 amide bonds. The van der Waals surface area contributed by atoms with Crippen molar-refractivity contribution in [2.24, 2.45) is 28.9 Å². The molecule has 0 aromatic heterocycles. The zero-order valence-electron chi connectivity index (χ0n) is 14.9. The number of hydrogen-bond acceptors (Lipinski definition) is 2. The zero-order valence-corrected chi connectivity index (χ0v) is 14.9. The third-order valence-corrected chi connectivity index (χ3v) is 5.56. The van der Waals surface area contributed by atoms with Gasteiger partial charge in [-0.3, -0.25) is 0 Å². The van der Waals surface area contributed by atoms with Crippen LogP contribution >= 0.6 is 0 Å². The van der Waals surface area contributed by atoms with Gasteiger partial charge < -0.3 is 11.1 Å². The van der Waals surface area contributed by atoms with E-state index >= 15 is 0 Å². The van der Waals surface area contributed by atoms with Crippen LogP contribution in [-0.2, 0) is 0 Å². The molecular formula is C18H38N2. The van der Waals surface area contributed by atoms with Gasteiger partial charge in [0, 0.05) is 17.5 Å². The van der Waals surface area contributed by atoms with Gasteiger partial charge in [-0.05, 0) is 31.2 Å². The fourth-order valence-corrected chi connectivity index (χ4v) is 4.12. The summed E-state index contributed by atoms with van der Waals surface area (Å²) in [5.41, 5.74) is 6.79. The topological polar surface area (TPSA) is 38.0 Å². The number of hydrogen-bond donors (Lipinski definition) is 2. The third kappa shape index (κ3) is 3.65. The Bertz CT molecular complexity index is 271. The molecule has 4 unspecified atom stereocenters. The van der Waals surface area contributed by atoms with Crippen molar-refractivity contribution < 1.29 is 0 Å². The summed E-state index contributed by atoms with van der Waals surface area (Å²) in [7, 11) is 2.09. The molecule has 0 bridgehead atoms. The molecule has 0 aromatic rings. The van der Waals surface area contributed by atoms with E-state index in [2.05, 4.69) is 66.6 Å². The van der Waals surface area contributed by atoms with Crippen molar-refractivity contribution in [3.63, 3.8) is 0 Å². The van der Waals surface area contributed by atoms with Crippen molar-refractivity contribution in [3.8, 4) is 0 Å². The summed E-state index contributed by atoms with van der Waals surface area (Å²) < 4.78 is 0. The SMILES string of the molecule is C=CC(C)C(CC)(C(N)C(C)C)C(NC)C(CC)CC. The molecule has 2 heteroatoms. The Morgan fingerprint density at radius 1 is 1.15 bits per heavy atom. The second-order valence-electron chi connectivity index (χ2n) is 6.60. The highest BCUT2D eigenvalue weighted by Gasteiger charge is 2.48. The van der Waals surface area contributed by atoms with Crippen LogP contribution in [0, 0.1) is 23.2 Å². The Morgan fingerprint density at radius 3 is 1.90 bits per heavy atom. The average Bonchev–Trinajstić information content (AvgIpc) is 2.46. The molecule has 4 atom stereocenters. The van der Waals surface area contributed by atoms with E-state index in [0.29, 0.717) is 23.8 Å². The molecule has 3 N–H and O–H groups in total. The van der Waals surface area contributed by atoms with Gasteiger partial charge >= 0.3 is 0 Å². The highest BCUT2D eigenvalue weighted by atomic mass is 14.9. The molecule has 0 aliphatic heterocycles. The van der Waals surface area contributed by atoms with Gasteiger partial charge in [-0.15, -0.1) is 6.58 Å². The van der Waals surface area contributed by atoms with Crippen LogP contribution in [0.5, 0.6) is 0 Å². The number of nitrogens with two attached hydrogens (primary N) is 1. The summed E-state index contributed by atoms with van der Waals surface area (Å²) in [6, 6.07) is 0.617. The number of rotatable bonds is 10. The molecule has 0 radical (unpaired) electrons. The van der Waals surface area contributed by atoms with Crippen molar-refractivity contribution in [1.29, 1.82) is 0 Å². The van der Waals surface area contributed by atoms with Crippen molar-refractivity contribution in [2.45, 2.75) is 72.9 Å². The minimum Gasteiger partial charge on any atom is -0.327 e. The monoisotopic (exact) mass is 282 g/mol. The second kappa shape index (κ2) is 8.84. The van der Waals surface area contributed by atoms with Gasteiger partial charge in [0.25, 0.3) is 0 Å². The van der Waals surface area contributed by atoms with Crippen LogP contribution in [0.25, 0.3) is 0 Å². The summed E-state index contributed by atoms with van der Waals surface area (Å²) in [5.74, 6) is 1.54. The summed E-state index contributed by atoms with van der Waals surface area (Å²) in [6.45, 7) is 17.7. The lowest BCUT2D eigenvalue weighted by atomic mass is 9.58. The van der Waals surface area contributed by atoms with Crippen LogP contribution in [-0.4, -0.2) is 19.1 Å². The van der Waals surface area contributed by atoms with E-state index < -0.39 is 0 Å². The average molecular weight is 283 g/mol. The number of allylic oxidation sites excluding steroid dienone is 1. The Kier molecular flexibility index (Phi) is 8.69. The van der Waals surface area contributed by atoms with Crippen LogP contribution in [0.1, 0.15) is 60.8 Å². The molecule has 0 aliphatic rings. The maximum Gasteiger partial charge on any atom is 0.0169 e. The zero-order chi connectivity index (χ0) is 15.9. The predicted molar refractivity (Wildman–Crippen MR) is 91.8 cm³/mol. The second-order valence-corrected chi connectivity index (χ2v) is 6.60. The fourth-order valence-electron chi connectivity index (χ4n) is 4.12. The van der Waals surface area contributed by atoms with E-state index in [4.69, 9.17) is 5.73 Å². The quantitative estimate of drug-likeness (QED) is 0.589. The van der Waals surface area contributed by atoms with E-state index in [1.165, 1.54) is 12.8 Å². The first-order chi connectivity index (χ1) is 9.36. The molecule has 20 heavy (non-hydrogen) atoms. The first kappa shape index (κ1) is 19.7. The molecule has 0 rings (SSSR count). The van der Waals surface area contributed by atoms with Crippen LogP contribution in [0.15, 0.2) is 12.7 Å². The van der Waals surface area contributed by atoms with Gasteiger partial charge in [0.05, 0.1) is 0 Å². The lowest BCUT2D eigenvalue weighted by molar-refractivity contribution is 0.0380. The summed E-state index contributed by atoms with van der Waals surface area (Å²) in [6.07, 6.45) is 5.57. The molecule has 2 nitrogen and oxygen atoms in total. The Morgan fingerprint density at radius 2 is 1.65 bits per heavy atom. The highest BCUT2D eigenvalue weighted by molar-refractivity contribution is 5.07. The van der Waals surface area contributed by atoms with Crippen LogP contribution in [0.2, 0.25) is 0 Å². The Labute approximate surface area is 127 Å². The van der Waals surface area contributed by atoms with Crippen LogP contribution in [0.3, 0.4) is 0 Å². The maximum atomic E-state index is 6.72. The largest absolute Gasteiger partial charge is 0.327 e. The van der Waals surface area contributed by atoms with E-state index in [-0.39, 0.29) is 11.5 Å². The normalized spacial score (nSPS) is 19.7. The van der Waals surface area contributed by atoms with Crippen LogP contribution in [0.4, 0.5) is 0 Å². The van der Waals surface area contributed by atoms with E-state index in [1.54, 1.807) is 0 Å². The van der Waals surface area contributed by atoms with Gasteiger partial charge in [-0.1, -0.05) is 60.5 Å². The molecule has 120 valence electrons. The predicted octanol–water partition coefficient (Wildman–Crippen LogP) is 4.21.